The van der Waals surface area contributed by atoms with Crippen LogP contribution in [0.2, 0.25) is 0 Å². The van der Waals surface area contributed by atoms with Crippen LogP contribution in [-0.4, -0.2) is 23.8 Å². The van der Waals surface area contributed by atoms with Crippen molar-refractivity contribution in [2.45, 2.75) is 53.1 Å². The highest BCUT2D eigenvalue weighted by Gasteiger charge is 2.22. The minimum Gasteiger partial charge on any atom is -0.389 e. The zero-order chi connectivity index (χ0) is 10.5. The molecule has 0 aromatic heterocycles. The normalized spacial score (nSPS) is 13.4. The van der Waals surface area contributed by atoms with Gasteiger partial charge in [0.05, 0.1) is 5.60 Å². The van der Waals surface area contributed by atoms with E-state index in [1.54, 1.807) is 0 Å². The Morgan fingerprint density at radius 2 is 1.46 bits per heavy atom. The zero-order valence-electron chi connectivity index (χ0n) is 9.78. The van der Waals surface area contributed by atoms with E-state index in [9.17, 15) is 5.11 Å². The van der Waals surface area contributed by atoms with Crippen LogP contribution in [0.25, 0.3) is 0 Å². The molecule has 0 amide bonds. The van der Waals surface area contributed by atoms with Gasteiger partial charge < -0.3 is 10.4 Å². The van der Waals surface area contributed by atoms with Crippen molar-refractivity contribution in [1.82, 2.24) is 5.32 Å². The van der Waals surface area contributed by atoms with Gasteiger partial charge in [0.1, 0.15) is 0 Å². The van der Waals surface area contributed by atoms with Gasteiger partial charge in [-0.1, -0.05) is 34.6 Å². The molecule has 0 rings (SSSR count). The molecule has 0 radical (unpaired) electrons. The highest BCUT2D eigenvalue weighted by atomic mass is 16.3. The fourth-order valence-electron chi connectivity index (χ4n) is 1.17. The van der Waals surface area contributed by atoms with Crippen molar-refractivity contribution in [2.24, 2.45) is 5.41 Å². The van der Waals surface area contributed by atoms with Crippen LogP contribution >= 0.6 is 0 Å². The van der Waals surface area contributed by atoms with Crippen LogP contribution in [0.1, 0.15) is 47.5 Å². The fraction of sp³-hybridized carbons (Fsp3) is 1.00. The average molecular weight is 187 g/mol. The maximum Gasteiger partial charge on any atom is 0.0766 e. The smallest absolute Gasteiger partial charge is 0.0766 e. The standard InChI is InChI=1S/C11H25NO/c1-6-11(13,7-2)9-12-8-10(3,4)5/h12-13H,6-9H2,1-5H3. The van der Waals surface area contributed by atoms with E-state index in [1.165, 1.54) is 0 Å². The number of aliphatic hydroxyl groups is 1. The maximum atomic E-state index is 9.96. The summed E-state index contributed by atoms with van der Waals surface area (Å²) >= 11 is 0. The van der Waals surface area contributed by atoms with Crippen LogP contribution in [0.4, 0.5) is 0 Å². The molecule has 2 nitrogen and oxygen atoms in total. The summed E-state index contributed by atoms with van der Waals surface area (Å²) < 4.78 is 0. The van der Waals surface area contributed by atoms with Gasteiger partial charge in [0.25, 0.3) is 0 Å². The molecule has 0 aromatic rings. The molecule has 0 saturated carbocycles. The monoisotopic (exact) mass is 187 g/mol. The van der Waals surface area contributed by atoms with Crippen molar-refractivity contribution >= 4 is 0 Å². The maximum absolute atomic E-state index is 9.96. The summed E-state index contributed by atoms with van der Waals surface area (Å²) in [6.45, 7) is 12.3. The molecule has 0 aromatic carbocycles. The lowest BCUT2D eigenvalue weighted by Crippen LogP contribution is -2.42. The number of nitrogens with one attached hydrogen (secondary N) is 1. The van der Waals surface area contributed by atoms with Gasteiger partial charge in [-0.2, -0.15) is 0 Å². The van der Waals surface area contributed by atoms with Crippen LogP contribution in [-0.2, 0) is 0 Å². The molecular weight excluding hydrogens is 162 g/mol. The Bertz CT molecular complexity index is 134. The van der Waals surface area contributed by atoms with Gasteiger partial charge in [-0.05, 0) is 18.3 Å². The predicted octanol–water partition coefficient (Wildman–Crippen LogP) is 2.17. The summed E-state index contributed by atoms with van der Waals surface area (Å²) in [6, 6.07) is 0. The molecule has 0 heterocycles. The molecule has 0 aliphatic carbocycles. The third-order valence-electron chi connectivity index (χ3n) is 2.43. The van der Waals surface area contributed by atoms with E-state index < -0.39 is 5.60 Å². The van der Waals surface area contributed by atoms with E-state index in [-0.39, 0.29) is 0 Å². The first kappa shape index (κ1) is 12.9. The molecule has 0 atom stereocenters. The summed E-state index contributed by atoms with van der Waals surface area (Å²) in [5, 5.41) is 13.3. The lowest BCUT2D eigenvalue weighted by Gasteiger charge is -2.28. The van der Waals surface area contributed by atoms with E-state index in [0.717, 1.165) is 19.4 Å². The number of hydrogen-bond donors (Lipinski definition) is 2. The van der Waals surface area contributed by atoms with E-state index in [4.69, 9.17) is 0 Å². The molecule has 2 heteroatoms. The van der Waals surface area contributed by atoms with Crippen molar-refractivity contribution in [3.8, 4) is 0 Å². The van der Waals surface area contributed by atoms with Gasteiger partial charge in [-0.3, -0.25) is 0 Å². The number of hydrogen-bond acceptors (Lipinski definition) is 2. The Kier molecular flexibility index (Phi) is 4.93. The zero-order valence-corrected chi connectivity index (χ0v) is 9.78. The molecule has 0 unspecified atom stereocenters. The van der Waals surface area contributed by atoms with Gasteiger partial charge in [0.15, 0.2) is 0 Å². The Labute approximate surface area is 82.7 Å². The molecule has 13 heavy (non-hydrogen) atoms. The Hall–Kier alpha value is -0.0800. The van der Waals surface area contributed by atoms with Crippen molar-refractivity contribution in [3.05, 3.63) is 0 Å². The van der Waals surface area contributed by atoms with Crippen LogP contribution in [0, 0.1) is 5.41 Å². The first-order valence-electron chi connectivity index (χ1n) is 5.26. The second-order valence-corrected chi connectivity index (χ2v) is 5.10. The molecule has 0 spiro atoms. The largest absolute Gasteiger partial charge is 0.389 e. The van der Waals surface area contributed by atoms with Crippen LogP contribution in [0.3, 0.4) is 0 Å². The molecule has 2 N–H and O–H groups in total. The second kappa shape index (κ2) is 4.97. The minimum absolute atomic E-state index is 0.294. The summed E-state index contributed by atoms with van der Waals surface area (Å²) in [5.74, 6) is 0. The van der Waals surface area contributed by atoms with Crippen LogP contribution in [0.5, 0.6) is 0 Å². The summed E-state index contributed by atoms with van der Waals surface area (Å²) in [7, 11) is 0. The average Bonchev–Trinajstić information content (AvgIpc) is 2.02. The van der Waals surface area contributed by atoms with Crippen molar-refractivity contribution < 1.29 is 5.11 Å². The Morgan fingerprint density at radius 3 is 1.77 bits per heavy atom. The van der Waals surface area contributed by atoms with Gasteiger partial charge >= 0.3 is 0 Å². The fourth-order valence-corrected chi connectivity index (χ4v) is 1.17. The van der Waals surface area contributed by atoms with E-state index in [2.05, 4.69) is 26.1 Å². The Balaban J connectivity index is 3.74. The molecule has 80 valence electrons. The van der Waals surface area contributed by atoms with Crippen molar-refractivity contribution in [3.63, 3.8) is 0 Å². The number of rotatable bonds is 5. The Morgan fingerprint density at radius 1 is 1.00 bits per heavy atom. The first-order chi connectivity index (χ1) is 5.83. The third kappa shape index (κ3) is 6.05. The highest BCUT2D eigenvalue weighted by molar-refractivity contribution is 4.78. The summed E-state index contributed by atoms with van der Waals surface area (Å²) in [4.78, 5) is 0. The SMILES string of the molecule is CCC(O)(CC)CNCC(C)(C)C. The van der Waals surface area contributed by atoms with Crippen LogP contribution in [0.15, 0.2) is 0 Å². The molecule has 0 fully saturated rings. The lowest BCUT2D eigenvalue weighted by molar-refractivity contribution is 0.0309. The van der Waals surface area contributed by atoms with Gasteiger partial charge in [-0.25, -0.2) is 0 Å². The quantitative estimate of drug-likeness (QED) is 0.691. The lowest BCUT2D eigenvalue weighted by atomic mass is 9.94. The van der Waals surface area contributed by atoms with Crippen LogP contribution < -0.4 is 5.32 Å². The second-order valence-electron chi connectivity index (χ2n) is 5.10. The molecular formula is C11H25NO. The summed E-state index contributed by atoms with van der Waals surface area (Å²) in [6.07, 6.45) is 1.64. The topological polar surface area (TPSA) is 32.3 Å². The molecule has 0 aliphatic heterocycles. The van der Waals surface area contributed by atoms with Gasteiger partial charge in [0, 0.05) is 13.1 Å². The molecule has 0 saturated heterocycles. The highest BCUT2D eigenvalue weighted by Crippen LogP contribution is 2.15. The minimum atomic E-state index is -0.509. The molecule has 0 aliphatic rings. The predicted molar refractivity (Wildman–Crippen MR) is 57.9 cm³/mol. The van der Waals surface area contributed by atoms with Crippen molar-refractivity contribution in [2.75, 3.05) is 13.1 Å². The molecule has 0 bridgehead atoms. The van der Waals surface area contributed by atoms with E-state index in [0.29, 0.717) is 12.0 Å². The first-order valence-corrected chi connectivity index (χ1v) is 5.26. The van der Waals surface area contributed by atoms with Gasteiger partial charge in [0.2, 0.25) is 0 Å². The van der Waals surface area contributed by atoms with Gasteiger partial charge in [-0.15, -0.1) is 0 Å². The third-order valence-corrected chi connectivity index (χ3v) is 2.43. The van der Waals surface area contributed by atoms with E-state index >= 15 is 0 Å². The van der Waals surface area contributed by atoms with E-state index in [1.807, 2.05) is 13.8 Å². The van der Waals surface area contributed by atoms with Crippen molar-refractivity contribution in [1.29, 1.82) is 0 Å². The summed E-state index contributed by atoms with van der Waals surface area (Å²) in [5.41, 5.74) is -0.215.